The molecular formula is C18H17FN2OS. The average molecular weight is 328 g/mol. The molecule has 118 valence electrons. The first-order valence-electron chi connectivity index (χ1n) is 7.36. The van der Waals surface area contributed by atoms with Crippen molar-refractivity contribution in [2.24, 2.45) is 0 Å². The summed E-state index contributed by atoms with van der Waals surface area (Å²) in [5.41, 5.74) is 2.75. The van der Waals surface area contributed by atoms with E-state index in [0.717, 1.165) is 16.3 Å². The zero-order valence-electron chi connectivity index (χ0n) is 12.4. The van der Waals surface area contributed by atoms with Gasteiger partial charge in [-0.2, -0.15) is 0 Å². The number of hydrogen-bond donors (Lipinski definition) is 2. The van der Waals surface area contributed by atoms with Crippen molar-refractivity contribution in [2.75, 3.05) is 6.54 Å². The van der Waals surface area contributed by atoms with E-state index in [1.54, 1.807) is 23.5 Å². The van der Waals surface area contributed by atoms with Gasteiger partial charge in [-0.25, -0.2) is 9.37 Å². The van der Waals surface area contributed by atoms with Crippen LogP contribution in [0.5, 0.6) is 0 Å². The molecule has 5 heteroatoms. The van der Waals surface area contributed by atoms with Crippen LogP contribution >= 0.6 is 11.3 Å². The number of aliphatic hydroxyl groups is 1. The predicted molar refractivity (Wildman–Crippen MR) is 90.6 cm³/mol. The summed E-state index contributed by atoms with van der Waals surface area (Å²) >= 11 is 1.60. The third-order valence-electron chi connectivity index (χ3n) is 3.47. The molecule has 23 heavy (non-hydrogen) atoms. The molecule has 3 nitrogen and oxygen atoms in total. The highest BCUT2D eigenvalue weighted by atomic mass is 32.1. The topological polar surface area (TPSA) is 45.1 Å². The molecule has 0 aliphatic carbocycles. The third-order valence-corrected chi connectivity index (χ3v) is 4.41. The van der Waals surface area contributed by atoms with Gasteiger partial charge >= 0.3 is 0 Å². The number of aliphatic hydroxyl groups excluding tert-OH is 1. The molecule has 2 aromatic carbocycles. The number of aromatic nitrogens is 1. The fourth-order valence-corrected chi connectivity index (χ4v) is 3.07. The van der Waals surface area contributed by atoms with Crippen molar-refractivity contribution in [3.8, 4) is 10.6 Å². The highest BCUT2D eigenvalue weighted by Gasteiger charge is 2.08. The van der Waals surface area contributed by atoms with Crippen LogP contribution in [0.4, 0.5) is 4.39 Å². The fourth-order valence-electron chi connectivity index (χ4n) is 2.24. The van der Waals surface area contributed by atoms with Gasteiger partial charge in [-0.3, -0.25) is 0 Å². The molecule has 1 atom stereocenters. The van der Waals surface area contributed by atoms with E-state index in [4.69, 9.17) is 0 Å². The van der Waals surface area contributed by atoms with E-state index in [-0.39, 0.29) is 5.82 Å². The van der Waals surface area contributed by atoms with E-state index >= 15 is 0 Å². The van der Waals surface area contributed by atoms with Gasteiger partial charge in [0.05, 0.1) is 11.8 Å². The molecule has 1 heterocycles. The van der Waals surface area contributed by atoms with Gasteiger partial charge in [-0.15, -0.1) is 11.3 Å². The lowest BCUT2D eigenvalue weighted by atomic mass is 10.1. The normalized spacial score (nSPS) is 12.3. The second-order valence-corrected chi connectivity index (χ2v) is 6.07. The van der Waals surface area contributed by atoms with E-state index < -0.39 is 6.10 Å². The Morgan fingerprint density at radius 3 is 2.57 bits per heavy atom. The summed E-state index contributed by atoms with van der Waals surface area (Å²) in [5.74, 6) is -0.301. The molecule has 0 amide bonds. The molecule has 1 aromatic heterocycles. The van der Waals surface area contributed by atoms with E-state index in [0.29, 0.717) is 18.7 Å². The fraction of sp³-hybridized carbons (Fsp3) is 0.167. The molecule has 0 radical (unpaired) electrons. The van der Waals surface area contributed by atoms with Gasteiger partial charge in [0, 0.05) is 24.0 Å². The van der Waals surface area contributed by atoms with Crippen LogP contribution in [0.25, 0.3) is 10.6 Å². The molecule has 0 bridgehead atoms. The van der Waals surface area contributed by atoms with Crippen molar-refractivity contribution in [2.45, 2.75) is 12.6 Å². The van der Waals surface area contributed by atoms with Crippen molar-refractivity contribution >= 4 is 11.3 Å². The number of nitrogens with one attached hydrogen (secondary N) is 1. The Labute approximate surface area is 138 Å². The summed E-state index contributed by atoms with van der Waals surface area (Å²) in [6.07, 6.45) is -0.664. The number of halogens is 1. The number of thiazole rings is 1. The lowest BCUT2D eigenvalue weighted by Crippen LogP contribution is -2.21. The summed E-state index contributed by atoms with van der Waals surface area (Å²) < 4.78 is 12.9. The van der Waals surface area contributed by atoms with Crippen molar-refractivity contribution in [1.29, 1.82) is 0 Å². The van der Waals surface area contributed by atoms with Gasteiger partial charge in [0.15, 0.2) is 0 Å². The quantitative estimate of drug-likeness (QED) is 0.724. The van der Waals surface area contributed by atoms with Gasteiger partial charge in [-0.05, 0) is 17.7 Å². The van der Waals surface area contributed by atoms with Gasteiger partial charge in [0.25, 0.3) is 0 Å². The second-order valence-electron chi connectivity index (χ2n) is 5.21. The van der Waals surface area contributed by atoms with Crippen molar-refractivity contribution in [3.05, 3.63) is 77.1 Å². The molecule has 0 saturated carbocycles. The standard InChI is InChI=1S/C18H17FN2OS/c19-15-8-6-13(7-9-15)17(22)11-20-10-16-12-23-18(21-16)14-4-2-1-3-5-14/h1-9,12,17,20,22H,10-11H2. The first-order valence-corrected chi connectivity index (χ1v) is 8.24. The smallest absolute Gasteiger partial charge is 0.123 e. The van der Waals surface area contributed by atoms with Crippen LogP contribution < -0.4 is 5.32 Å². The van der Waals surface area contributed by atoms with Gasteiger partial charge < -0.3 is 10.4 Å². The summed E-state index contributed by atoms with van der Waals surface area (Å²) in [4.78, 5) is 4.59. The van der Waals surface area contributed by atoms with E-state index in [9.17, 15) is 9.50 Å². The summed E-state index contributed by atoms with van der Waals surface area (Å²) in [6.45, 7) is 0.978. The second kappa shape index (κ2) is 7.46. The number of rotatable bonds is 6. The van der Waals surface area contributed by atoms with Crippen LogP contribution in [0, 0.1) is 5.82 Å². The lowest BCUT2D eigenvalue weighted by Gasteiger charge is -2.11. The molecule has 1 unspecified atom stereocenters. The minimum absolute atomic E-state index is 0.301. The Bertz CT molecular complexity index is 743. The Kier molecular flexibility index (Phi) is 5.12. The first-order chi connectivity index (χ1) is 11.2. The molecule has 2 N–H and O–H groups in total. The van der Waals surface area contributed by atoms with E-state index in [2.05, 4.69) is 10.3 Å². The van der Waals surface area contributed by atoms with Crippen LogP contribution in [0.15, 0.2) is 60.0 Å². The van der Waals surface area contributed by atoms with Crippen LogP contribution in [0.3, 0.4) is 0 Å². The molecule has 3 aromatic rings. The summed E-state index contributed by atoms with van der Waals surface area (Å²) in [5, 5.41) is 16.3. The summed E-state index contributed by atoms with van der Waals surface area (Å²) in [6, 6.07) is 15.9. The SMILES string of the molecule is OC(CNCc1csc(-c2ccccc2)n1)c1ccc(F)cc1. The minimum atomic E-state index is -0.664. The van der Waals surface area contributed by atoms with Crippen LogP contribution in [-0.4, -0.2) is 16.6 Å². The van der Waals surface area contributed by atoms with Gasteiger partial charge in [0.2, 0.25) is 0 Å². The maximum atomic E-state index is 12.9. The Balaban J connectivity index is 1.53. The number of nitrogens with zero attached hydrogens (tertiary/aromatic N) is 1. The van der Waals surface area contributed by atoms with Gasteiger partial charge in [0.1, 0.15) is 10.8 Å². The van der Waals surface area contributed by atoms with Crippen LogP contribution in [0.2, 0.25) is 0 Å². The van der Waals surface area contributed by atoms with Crippen molar-refractivity contribution in [3.63, 3.8) is 0 Å². The van der Waals surface area contributed by atoms with Crippen molar-refractivity contribution < 1.29 is 9.50 Å². The Morgan fingerprint density at radius 2 is 1.83 bits per heavy atom. The van der Waals surface area contributed by atoms with E-state index in [1.807, 2.05) is 35.7 Å². The van der Waals surface area contributed by atoms with Gasteiger partial charge in [-0.1, -0.05) is 42.5 Å². The minimum Gasteiger partial charge on any atom is -0.387 e. The highest BCUT2D eigenvalue weighted by molar-refractivity contribution is 7.13. The molecule has 0 fully saturated rings. The first kappa shape index (κ1) is 15.8. The Hall–Kier alpha value is -2.08. The zero-order chi connectivity index (χ0) is 16.1. The highest BCUT2D eigenvalue weighted by Crippen LogP contribution is 2.23. The maximum Gasteiger partial charge on any atom is 0.123 e. The molecule has 0 aliphatic rings. The summed E-state index contributed by atoms with van der Waals surface area (Å²) in [7, 11) is 0. The Morgan fingerprint density at radius 1 is 1.09 bits per heavy atom. The number of hydrogen-bond acceptors (Lipinski definition) is 4. The molecule has 0 saturated heterocycles. The van der Waals surface area contributed by atoms with Crippen LogP contribution in [-0.2, 0) is 6.54 Å². The number of benzene rings is 2. The molecule has 0 spiro atoms. The van der Waals surface area contributed by atoms with E-state index in [1.165, 1.54) is 12.1 Å². The largest absolute Gasteiger partial charge is 0.387 e. The molecule has 3 rings (SSSR count). The zero-order valence-corrected chi connectivity index (χ0v) is 13.3. The average Bonchev–Trinajstić information content (AvgIpc) is 3.05. The maximum absolute atomic E-state index is 12.9. The molecular weight excluding hydrogens is 311 g/mol. The van der Waals surface area contributed by atoms with Crippen molar-refractivity contribution in [1.82, 2.24) is 10.3 Å². The third kappa shape index (κ3) is 4.22. The predicted octanol–water partition coefficient (Wildman–Crippen LogP) is 3.77. The monoisotopic (exact) mass is 328 g/mol. The lowest BCUT2D eigenvalue weighted by molar-refractivity contribution is 0.174. The van der Waals surface area contributed by atoms with Crippen LogP contribution in [0.1, 0.15) is 17.4 Å². The molecule has 0 aliphatic heterocycles.